The minimum atomic E-state index is -0.574. The molecule has 0 saturated heterocycles. The molecule has 4 rings (SSSR count). The van der Waals surface area contributed by atoms with E-state index in [2.05, 4.69) is 10.4 Å². The molecule has 0 aliphatic carbocycles. The number of non-ortho nitro benzene ring substituents is 1. The minimum Gasteiger partial charge on any atom is -0.457 e. The van der Waals surface area contributed by atoms with Crippen LogP contribution in [0.3, 0.4) is 0 Å². The van der Waals surface area contributed by atoms with Crippen LogP contribution in [0.4, 0.5) is 11.4 Å². The maximum atomic E-state index is 12.7. The van der Waals surface area contributed by atoms with Crippen molar-refractivity contribution in [3.63, 3.8) is 0 Å². The molecule has 2 heterocycles. The third kappa shape index (κ3) is 5.22. The maximum absolute atomic E-state index is 12.7. The SMILES string of the molecule is Cc1nn(Cc2ccc(C(=O)Nc3cc(Oc4ccc(Cl)cc4)cc([N+](=O)[O-])c3)o2)c(C)c1Cl. The zero-order valence-corrected chi connectivity index (χ0v) is 19.6. The van der Waals surface area contributed by atoms with E-state index in [-0.39, 0.29) is 22.9 Å². The van der Waals surface area contributed by atoms with Gasteiger partial charge in [0.2, 0.25) is 0 Å². The van der Waals surface area contributed by atoms with Crippen LogP contribution < -0.4 is 10.1 Å². The number of anilines is 1. The van der Waals surface area contributed by atoms with E-state index in [1.54, 1.807) is 41.9 Å². The van der Waals surface area contributed by atoms with Gasteiger partial charge >= 0.3 is 0 Å². The summed E-state index contributed by atoms with van der Waals surface area (Å²) < 4.78 is 13.0. The first-order valence-electron chi connectivity index (χ1n) is 10.0. The molecule has 174 valence electrons. The van der Waals surface area contributed by atoms with Gasteiger partial charge in [-0.3, -0.25) is 19.6 Å². The van der Waals surface area contributed by atoms with Crippen molar-refractivity contribution < 1.29 is 18.9 Å². The highest BCUT2D eigenvalue weighted by molar-refractivity contribution is 6.31. The summed E-state index contributed by atoms with van der Waals surface area (Å²) in [6, 6.07) is 13.6. The van der Waals surface area contributed by atoms with Crippen LogP contribution in [0.1, 0.15) is 27.7 Å². The molecular weight excluding hydrogens is 483 g/mol. The lowest BCUT2D eigenvalue weighted by atomic mass is 10.2. The van der Waals surface area contributed by atoms with E-state index in [0.29, 0.717) is 33.8 Å². The number of furan rings is 1. The summed E-state index contributed by atoms with van der Waals surface area (Å²) >= 11 is 12.0. The summed E-state index contributed by atoms with van der Waals surface area (Å²) in [5.74, 6) is 0.568. The van der Waals surface area contributed by atoms with Gasteiger partial charge < -0.3 is 14.5 Å². The Labute approximate surface area is 204 Å². The number of halogens is 2. The zero-order valence-electron chi connectivity index (χ0n) is 18.0. The Kier molecular flexibility index (Phi) is 6.58. The van der Waals surface area contributed by atoms with E-state index in [4.69, 9.17) is 32.4 Å². The van der Waals surface area contributed by atoms with Crippen molar-refractivity contribution in [2.75, 3.05) is 5.32 Å². The number of rotatable bonds is 7. The molecular formula is C23H18Cl2N4O5. The molecule has 2 aromatic carbocycles. The van der Waals surface area contributed by atoms with Crippen LogP contribution >= 0.6 is 23.2 Å². The Bertz CT molecular complexity index is 1380. The minimum absolute atomic E-state index is 0.0364. The number of hydrogen-bond acceptors (Lipinski definition) is 6. The lowest BCUT2D eigenvalue weighted by Gasteiger charge is -2.09. The first-order valence-corrected chi connectivity index (χ1v) is 10.8. The molecule has 0 bridgehead atoms. The number of nitro benzene ring substituents is 1. The molecule has 34 heavy (non-hydrogen) atoms. The fourth-order valence-corrected chi connectivity index (χ4v) is 3.47. The van der Waals surface area contributed by atoms with Crippen molar-refractivity contribution in [2.24, 2.45) is 0 Å². The smallest absolute Gasteiger partial charge is 0.291 e. The summed E-state index contributed by atoms with van der Waals surface area (Å²) in [7, 11) is 0. The lowest BCUT2D eigenvalue weighted by Crippen LogP contribution is -2.11. The van der Waals surface area contributed by atoms with Gasteiger partial charge in [-0.15, -0.1) is 0 Å². The summed E-state index contributed by atoms with van der Waals surface area (Å²) in [5.41, 5.74) is 1.41. The molecule has 0 spiro atoms. The molecule has 1 amide bonds. The first kappa shape index (κ1) is 23.3. The summed E-state index contributed by atoms with van der Waals surface area (Å²) in [5, 5.41) is 19.4. The van der Waals surface area contributed by atoms with E-state index in [0.717, 1.165) is 5.69 Å². The highest BCUT2D eigenvalue weighted by Gasteiger charge is 2.17. The van der Waals surface area contributed by atoms with E-state index >= 15 is 0 Å². The number of carbonyl (C=O) groups is 1. The number of benzene rings is 2. The number of amides is 1. The largest absolute Gasteiger partial charge is 0.457 e. The number of nitrogens with one attached hydrogen (secondary N) is 1. The van der Waals surface area contributed by atoms with Gasteiger partial charge in [-0.05, 0) is 50.2 Å². The Balaban J connectivity index is 1.52. The second kappa shape index (κ2) is 9.58. The Morgan fingerprint density at radius 3 is 2.50 bits per heavy atom. The molecule has 0 saturated carbocycles. The number of nitrogens with zero attached hydrogens (tertiary/aromatic N) is 3. The predicted molar refractivity (Wildman–Crippen MR) is 127 cm³/mol. The Morgan fingerprint density at radius 1 is 1.12 bits per heavy atom. The van der Waals surface area contributed by atoms with Crippen LogP contribution in [0.15, 0.2) is 59.0 Å². The van der Waals surface area contributed by atoms with Gasteiger partial charge in [0.25, 0.3) is 11.6 Å². The van der Waals surface area contributed by atoms with E-state index < -0.39 is 10.8 Å². The zero-order chi connectivity index (χ0) is 24.4. The van der Waals surface area contributed by atoms with Crippen molar-refractivity contribution in [3.8, 4) is 11.5 Å². The Morgan fingerprint density at radius 2 is 1.85 bits per heavy atom. The number of nitro groups is 1. The van der Waals surface area contributed by atoms with Crippen molar-refractivity contribution in [1.29, 1.82) is 0 Å². The molecule has 0 aliphatic heterocycles. The lowest BCUT2D eigenvalue weighted by molar-refractivity contribution is -0.384. The second-order valence-electron chi connectivity index (χ2n) is 7.39. The van der Waals surface area contributed by atoms with E-state index in [1.165, 1.54) is 24.3 Å². The number of ether oxygens (including phenoxy) is 1. The predicted octanol–water partition coefficient (Wildman–Crippen LogP) is 6.40. The molecule has 4 aromatic rings. The number of aryl methyl sites for hydroxylation is 1. The van der Waals surface area contributed by atoms with Crippen molar-refractivity contribution >= 4 is 40.5 Å². The number of hydrogen-bond donors (Lipinski definition) is 1. The summed E-state index contributed by atoms with van der Waals surface area (Å²) in [4.78, 5) is 23.5. The molecule has 0 fully saturated rings. The van der Waals surface area contributed by atoms with Crippen LogP contribution in [-0.4, -0.2) is 20.6 Å². The van der Waals surface area contributed by atoms with Crippen molar-refractivity contribution in [2.45, 2.75) is 20.4 Å². The van der Waals surface area contributed by atoms with E-state index in [9.17, 15) is 14.9 Å². The third-order valence-corrected chi connectivity index (χ3v) is 5.69. The average Bonchev–Trinajstić information content (AvgIpc) is 3.36. The Hall–Kier alpha value is -3.82. The van der Waals surface area contributed by atoms with Crippen molar-refractivity contribution in [3.05, 3.63) is 97.7 Å². The average molecular weight is 501 g/mol. The second-order valence-corrected chi connectivity index (χ2v) is 8.21. The molecule has 0 aliphatic rings. The monoisotopic (exact) mass is 500 g/mol. The highest BCUT2D eigenvalue weighted by atomic mass is 35.5. The summed E-state index contributed by atoms with van der Waals surface area (Å²) in [6.07, 6.45) is 0. The standard InChI is InChI=1S/C23H18Cl2N4O5/c1-13-22(25)14(2)28(27-13)12-19-7-8-21(34-19)23(30)26-16-9-17(29(31)32)11-20(10-16)33-18-5-3-15(24)4-6-18/h3-11H,12H2,1-2H3,(H,26,30). The quantitative estimate of drug-likeness (QED) is 0.232. The molecule has 0 unspecified atom stereocenters. The fraction of sp³-hybridized carbons (Fsp3) is 0.130. The number of carbonyl (C=O) groups excluding carboxylic acids is 1. The molecule has 0 atom stereocenters. The number of aromatic nitrogens is 2. The van der Waals surface area contributed by atoms with Crippen LogP contribution in [0, 0.1) is 24.0 Å². The molecule has 0 radical (unpaired) electrons. The van der Waals surface area contributed by atoms with Gasteiger partial charge in [0.1, 0.15) is 17.3 Å². The van der Waals surface area contributed by atoms with Gasteiger partial charge in [0.15, 0.2) is 5.76 Å². The van der Waals surface area contributed by atoms with Crippen LogP contribution in [-0.2, 0) is 6.54 Å². The van der Waals surface area contributed by atoms with Gasteiger partial charge in [-0.2, -0.15) is 5.10 Å². The molecule has 1 N–H and O–H groups in total. The topological polar surface area (TPSA) is 112 Å². The fourth-order valence-electron chi connectivity index (χ4n) is 3.21. The van der Waals surface area contributed by atoms with Crippen molar-refractivity contribution in [1.82, 2.24) is 9.78 Å². The highest BCUT2D eigenvalue weighted by Crippen LogP contribution is 2.30. The van der Waals surface area contributed by atoms with Gasteiger partial charge in [-0.25, -0.2) is 0 Å². The van der Waals surface area contributed by atoms with Crippen LogP contribution in [0.2, 0.25) is 10.0 Å². The molecule has 2 aromatic heterocycles. The normalized spacial score (nSPS) is 10.8. The third-order valence-electron chi connectivity index (χ3n) is 4.89. The van der Waals surface area contributed by atoms with Crippen LogP contribution in [0.5, 0.6) is 11.5 Å². The first-order chi connectivity index (χ1) is 16.2. The molecule has 9 nitrogen and oxygen atoms in total. The van der Waals surface area contributed by atoms with Gasteiger partial charge in [-0.1, -0.05) is 23.2 Å². The van der Waals surface area contributed by atoms with Gasteiger partial charge in [0, 0.05) is 17.2 Å². The van der Waals surface area contributed by atoms with Crippen LogP contribution in [0.25, 0.3) is 0 Å². The van der Waals surface area contributed by atoms with E-state index in [1.807, 2.05) is 6.92 Å². The maximum Gasteiger partial charge on any atom is 0.291 e. The summed E-state index contributed by atoms with van der Waals surface area (Å²) in [6.45, 7) is 3.93. The van der Waals surface area contributed by atoms with Gasteiger partial charge in [0.05, 0.1) is 39.6 Å². The molecule has 11 heteroatoms.